The minimum absolute atomic E-state index is 0.0418. The molecule has 2 nitrogen and oxygen atoms in total. The molecule has 0 atom stereocenters. The van der Waals surface area contributed by atoms with Gasteiger partial charge in [-0.15, -0.1) is 0 Å². The molecule has 0 fully saturated rings. The fourth-order valence-corrected chi connectivity index (χ4v) is 17.5. The highest BCUT2D eigenvalue weighted by Crippen LogP contribution is 2.57. The molecule has 0 spiro atoms. The Morgan fingerprint density at radius 1 is 0.252 bits per heavy atom. The van der Waals surface area contributed by atoms with Crippen LogP contribution in [-0.2, 0) is 60.6 Å². The van der Waals surface area contributed by atoms with Crippen molar-refractivity contribution in [3.05, 3.63) is 290 Å². The SMILES string of the molecule is CC(C)(C)c1ccc(-c2cc(C(C)(C)C)cc(C(C)(C)C)c2N2c3cc(-c4cc(C(C)(C)C)cc(C(C)(C)C)c4)ccc3B3c4ccc(-c5cc(C(C)(C)C)cc(C(C)(C)C)c5)cc4N(c4c(-c5ccc(C(C)(C)C)cc5)cc(C(C)(C)C)cc4C(C)(C)C)c4cc(C5c6ccccc6Cc6ccccc65)cc2c43)cc1. The molecule has 3 heteroatoms. The zero-order chi connectivity index (χ0) is 80.5. The van der Waals surface area contributed by atoms with Gasteiger partial charge >= 0.3 is 0 Å². The summed E-state index contributed by atoms with van der Waals surface area (Å²) < 4.78 is 0. The normalized spacial score (nSPS) is 14.5. The number of hydrogen-bond acceptors (Lipinski definition) is 2. The van der Waals surface area contributed by atoms with Crippen molar-refractivity contribution in [1.82, 2.24) is 0 Å². The third kappa shape index (κ3) is 14.8. The van der Waals surface area contributed by atoms with Crippen molar-refractivity contribution >= 4 is 57.2 Å². The highest BCUT2D eigenvalue weighted by atomic mass is 15.2. The number of hydrogen-bond donors (Lipinski definition) is 0. The van der Waals surface area contributed by atoms with Crippen LogP contribution in [0.2, 0.25) is 0 Å². The van der Waals surface area contributed by atoms with Crippen LogP contribution >= 0.6 is 0 Å². The van der Waals surface area contributed by atoms with Gasteiger partial charge in [-0.2, -0.15) is 0 Å². The smallest absolute Gasteiger partial charge is 0.252 e. The van der Waals surface area contributed by atoms with Gasteiger partial charge in [0.05, 0.1) is 11.4 Å². The maximum atomic E-state index is 2.85. The maximum Gasteiger partial charge on any atom is 0.252 e. The Bertz CT molecular complexity index is 5060. The maximum absolute atomic E-state index is 2.85. The van der Waals surface area contributed by atoms with E-state index in [9.17, 15) is 0 Å². The third-order valence-corrected chi connectivity index (χ3v) is 24.7. The summed E-state index contributed by atoms with van der Waals surface area (Å²) in [7, 11) is 0. The van der Waals surface area contributed by atoms with Gasteiger partial charge in [-0.05, 0) is 230 Å². The summed E-state index contributed by atoms with van der Waals surface area (Å²) in [6.45, 7) is 71.6. The molecule has 11 aromatic carbocycles. The molecule has 572 valence electrons. The Hall–Kier alpha value is -8.92. The van der Waals surface area contributed by atoms with Crippen LogP contribution in [0.4, 0.5) is 34.1 Å². The van der Waals surface area contributed by atoms with Crippen molar-refractivity contribution in [2.45, 2.75) is 274 Å². The van der Waals surface area contributed by atoms with E-state index in [-0.39, 0.29) is 66.8 Å². The van der Waals surface area contributed by atoms with E-state index in [0.29, 0.717) is 0 Å². The van der Waals surface area contributed by atoms with Crippen LogP contribution in [0, 0.1) is 0 Å². The first-order valence-electron chi connectivity index (χ1n) is 41.5. The number of fused-ring (bicyclic) bond motifs is 6. The number of rotatable bonds is 7. The zero-order valence-corrected chi connectivity index (χ0v) is 73.4. The van der Waals surface area contributed by atoms with Crippen molar-refractivity contribution < 1.29 is 0 Å². The number of anilines is 6. The molecule has 0 saturated carbocycles. The van der Waals surface area contributed by atoms with Gasteiger partial charge in [-0.1, -0.05) is 378 Å². The van der Waals surface area contributed by atoms with E-state index in [1.54, 1.807) is 0 Å². The molecule has 0 unspecified atom stereocenters. The first-order valence-corrected chi connectivity index (χ1v) is 41.5. The topological polar surface area (TPSA) is 6.48 Å². The van der Waals surface area contributed by atoms with Crippen LogP contribution in [0.25, 0.3) is 44.5 Å². The van der Waals surface area contributed by atoms with Gasteiger partial charge in [0.25, 0.3) is 6.71 Å². The van der Waals surface area contributed by atoms with E-state index >= 15 is 0 Å². The van der Waals surface area contributed by atoms with Crippen LogP contribution in [-0.4, -0.2) is 6.71 Å². The Balaban J connectivity index is 1.24. The quantitative estimate of drug-likeness (QED) is 0.147. The molecule has 0 radical (unpaired) electrons. The van der Waals surface area contributed by atoms with Gasteiger partial charge in [0.1, 0.15) is 0 Å². The molecule has 0 saturated heterocycles. The Morgan fingerprint density at radius 3 is 0.856 bits per heavy atom. The predicted molar refractivity (Wildman–Crippen MR) is 486 cm³/mol. The fraction of sp³-hybridized carbons (Fsp3) is 0.389. The highest BCUT2D eigenvalue weighted by Gasteiger charge is 2.48. The van der Waals surface area contributed by atoms with Gasteiger partial charge in [-0.25, -0.2) is 0 Å². The predicted octanol–water partition coefficient (Wildman–Crippen LogP) is 28.5. The van der Waals surface area contributed by atoms with Gasteiger partial charge < -0.3 is 9.80 Å². The van der Waals surface area contributed by atoms with E-state index in [4.69, 9.17) is 0 Å². The lowest BCUT2D eigenvalue weighted by Crippen LogP contribution is -2.61. The van der Waals surface area contributed by atoms with Crippen LogP contribution in [0.15, 0.2) is 206 Å². The third-order valence-electron chi connectivity index (χ3n) is 24.7. The van der Waals surface area contributed by atoms with Crippen molar-refractivity contribution in [3.8, 4) is 44.5 Å². The van der Waals surface area contributed by atoms with Crippen molar-refractivity contribution in [3.63, 3.8) is 0 Å². The number of benzene rings is 11. The second-order valence-corrected chi connectivity index (χ2v) is 43.7. The molecule has 111 heavy (non-hydrogen) atoms. The Morgan fingerprint density at radius 2 is 0.550 bits per heavy atom. The van der Waals surface area contributed by atoms with E-state index in [1.165, 1.54) is 178 Å². The summed E-state index contributed by atoms with van der Waals surface area (Å²) in [4.78, 5) is 5.69. The average molecular weight is 1460 g/mol. The molecule has 0 amide bonds. The molecule has 1 aliphatic carbocycles. The molecule has 11 aromatic rings. The zero-order valence-electron chi connectivity index (χ0n) is 73.4. The van der Waals surface area contributed by atoms with E-state index in [2.05, 4.69) is 424 Å². The van der Waals surface area contributed by atoms with E-state index in [1.807, 2.05) is 0 Å². The summed E-state index contributed by atoms with van der Waals surface area (Å²) in [5.41, 5.74) is 39.5. The lowest BCUT2D eigenvalue weighted by Gasteiger charge is -2.47. The first-order chi connectivity index (χ1) is 51.3. The Kier molecular flexibility index (Phi) is 19.1. The summed E-state index contributed by atoms with van der Waals surface area (Å²) >= 11 is 0. The highest BCUT2D eigenvalue weighted by molar-refractivity contribution is 7.00. The largest absolute Gasteiger partial charge is 0.310 e. The fourth-order valence-electron chi connectivity index (χ4n) is 17.5. The molecular formula is C108H127BN2. The summed E-state index contributed by atoms with van der Waals surface area (Å²) in [6, 6.07) is 84.4. The van der Waals surface area contributed by atoms with E-state index < -0.39 is 0 Å². The van der Waals surface area contributed by atoms with Crippen molar-refractivity contribution in [2.75, 3.05) is 9.80 Å². The minimum Gasteiger partial charge on any atom is -0.310 e. The standard InChI is InChI=1S/C108H127BN2/c1-99(2,3)75-45-39-66(40-46-75)85-62-81(105(19,20)21)64-87(107(25,26)27)97(85)110-91-56-68(72-52-77(101(7,8)9)60-78(53-72)102(10,11)12)43-49-89(91)109-90-50-44-69(73-54-79(103(13,14)15)61-80(55-73)104(16,17)18)57-92(90)111(94-59-74(58-93(110)96(94)109)95-83-37-33-31-35-70(83)51-71-36-32-34-38-84(71)95)98-86(67-41-47-76(48-42-67)100(4,5)6)63-82(106(22,23)24)65-88(98)108(28,29)30/h31-50,52-65,95H,51H2,1-30H3. The summed E-state index contributed by atoms with van der Waals surface area (Å²) in [6.07, 6.45) is 0.882. The molecule has 2 aliphatic heterocycles. The monoisotopic (exact) mass is 1460 g/mol. The molecular weight excluding hydrogens is 1340 g/mol. The summed E-state index contributed by atoms with van der Waals surface area (Å²) in [5.74, 6) is -0.105. The minimum atomic E-state index is -0.340. The van der Waals surface area contributed by atoms with Crippen LogP contribution in [0.5, 0.6) is 0 Å². The van der Waals surface area contributed by atoms with E-state index in [0.717, 1.165) is 6.42 Å². The van der Waals surface area contributed by atoms with Crippen LogP contribution in [0.1, 0.15) is 297 Å². The van der Waals surface area contributed by atoms with Crippen molar-refractivity contribution in [1.29, 1.82) is 0 Å². The lowest BCUT2D eigenvalue weighted by molar-refractivity contribution is 0.568. The van der Waals surface area contributed by atoms with Crippen LogP contribution in [0.3, 0.4) is 0 Å². The lowest BCUT2D eigenvalue weighted by atomic mass is 9.33. The number of nitrogens with zero attached hydrogens (tertiary/aromatic N) is 2. The summed E-state index contributed by atoms with van der Waals surface area (Å²) in [5, 5.41) is 0. The first kappa shape index (κ1) is 78.8. The van der Waals surface area contributed by atoms with Gasteiger partial charge in [-0.3, -0.25) is 0 Å². The average Bonchev–Trinajstić information content (AvgIpc) is 0.682. The molecule has 0 N–H and O–H groups in total. The van der Waals surface area contributed by atoms with Crippen molar-refractivity contribution in [2.24, 2.45) is 0 Å². The van der Waals surface area contributed by atoms with Gasteiger partial charge in [0, 0.05) is 39.8 Å². The molecule has 2 heterocycles. The molecule has 0 bridgehead atoms. The second kappa shape index (κ2) is 26.9. The van der Waals surface area contributed by atoms with Gasteiger partial charge in [0.15, 0.2) is 0 Å². The molecule has 0 aromatic heterocycles. The second-order valence-electron chi connectivity index (χ2n) is 43.7. The Labute approximate surface area is 671 Å². The van der Waals surface area contributed by atoms with Crippen LogP contribution < -0.4 is 26.2 Å². The van der Waals surface area contributed by atoms with Gasteiger partial charge in [0.2, 0.25) is 0 Å². The molecule has 3 aliphatic rings. The molecule has 14 rings (SSSR count).